The number of amides is 1. The van der Waals surface area contributed by atoms with Crippen LogP contribution >= 0.6 is 11.6 Å². The van der Waals surface area contributed by atoms with Crippen molar-refractivity contribution in [2.24, 2.45) is 0 Å². The Bertz CT molecular complexity index is 942. The number of hydrogen-bond donors (Lipinski definition) is 0. The number of aryl methyl sites for hydroxylation is 1. The molecular weight excluding hydrogens is 378 g/mol. The molecule has 0 radical (unpaired) electrons. The Balaban J connectivity index is 1.66. The first-order chi connectivity index (χ1) is 13.6. The van der Waals surface area contributed by atoms with Crippen molar-refractivity contribution in [3.05, 3.63) is 65.0 Å². The highest BCUT2D eigenvalue weighted by molar-refractivity contribution is 6.33. The Morgan fingerprint density at radius 2 is 2.00 bits per heavy atom. The molecule has 0 unspecified atom stereocenters. The minimum atomic E-state index is -0.138. The molecule has 0 spiro atoms. The van der Waals surface area contributed by atoms with Gasteiger partial charge >= 0.3 is 0 Å². The third-order valence-corrected chi connectivity index (χ3v) is 4.42. The summed E-state index contributed by atoms with van der Waals surface area (Å²) in [5.41, 5.74) is 1.74. The average molecular weight is 400 g/mol. The highest BCUT2D eigenvalue weighted by Gasteiger charge is 2.18. The van der Waals surface area contributed by atoms with Crippen LogP contribution in [-0.2, 0) is 11.3 Å². The molecule has 146 valence electrons. The van der Waals surface area contributed by atoms with E-state index in [9.17, 15) is 4.79 Å². The maximum Gasteiger partial charge on any atom is 0.260 e. The summed E-state index contributed by atoms with van der Waals surface area (Å²) in [7, 11) is 0. The van der Waals surface area contributed by atoms with E-state index in [1.165, 1.54) is 0 Å². The summed E-state index contributed by atoms with van der Waals surface area (Å²) in [5, 5.41) is 8.64. The van der Waals surface area contributed by atoms with Gasteiger partial charge in [0.05, 0.1) is 17.1 Å². The number of nitrogens with zero attached hydrogens (tertiary/aromatic N) is 3. The molecule has 0 atom stereocenters. The standard InChI is InChI=1S/C21H22ClN3O3/c1-3-11-25(20(26)14-27-16-8-6-7-15(2)12-16)13-19-23-24-21(28-19)17-9-4-5-10-18(17)22/h4-10,12H,3,11,13-14H2,1-2H3. The molecule has 7 heteroatoms. The smallest absolute Gasteiger partial charge is 0.260 e. The fourth-order valence-electron chi connectivity index (χ4n) is 2.73. The Morgan fingerprint density at radius 1 is 1.18 bits per heavy atom. The molecule has 0 fully saturated rings. The predicted octanol–water partition coefficient (Wildman–Crippen LogP) is 4.52. The largest absolute Gasteiger partial charge is 0.484 e. The fourth-order valence-corrected chi connectivity index (χ4v) is 2.94. The van der Waals surface area contributed by atoms with Crippen LogP contribution in [0, 0.1) is 6.92 Å². The molecule has 0 saturated heterocycles. The van der Waals surface area contributed by atoms with E-state index < -0.39 is 0 Å². The lowest BCUT2D eigenvalue weighted by Gasteiger charge is -2.20. The number of halogens is 1. The van der Waals surface area contributed by atoms with Crippen LogP contribution in [-0.4, -0.2) is 34.2 Å². The SMILES string of the molecule is CCCN(Cc1nnc(-c2ccccc2Cl)o1)C(=O)COc1cccc(C)c1. The second-order valence-corrected chi connectivity index (χ2v) is 6.81. The van der Waals surface area contributed by atoms with Crippen molar-refractivity contribution in [3.8, 4) is 17.2 Å². The summed E-state index contributed by atoms with van der Waals surface area (Å²) >= 11 is 6.18. The van der Waals surface area contributed by atoms with Crippen LogP contribution in [0.1, 0.15) is 24.8 Å². The first kappa shape index (κ1) is 19.9. The van der Waals surface area contributed by atoms with Gasteiger partial charge in [0.2, 0.25) is 11.8 Å². The van der Waals surface area contributed by atoms with Crippen LogP contribution < -0.4 is 4.74 Å². The lowest BCUT2D eigenvalue weighted by molar-refractivity contribution is -0.134. The van der Waals surface area contributed by atoms with Gasteiger partial charge in [0.25, 0.3) is 5.91 Å². The van der Waals surface area contributed by atoms with Crippen molar-refractivity contribution in [2.75, 3.05) is 13.2 Å². The van der Waals surface area contributed by atoms with E-state index >= 15 is 0 Å². The summed E-state index contributed by atoms with van der Waals surface area (Å²) < 4.78 is 11.3. The van der Waals surface area contributed by atoms with E-state index in [1.54, 1.807) is 11.0 Å². The Kier molecular flexibility index (Phi) is 6.66. The van der Waals surface area contributed by atoms with Crippen LogP contribution in [0.25, 0.3) is 11.5 Å². The molecule has 1 heterocycles. The second kappa shape index (κ2) is 9.37. The van der Waals surface area contributed by atoms with E-state index in [0.29, 0.717) is 34.7 Å². The maximum atomic E-state index is 12.6. The molecule has 2 aromatic carbocycles. The molecule has 1 amide bonds. The summed E-state index contributed by atoms with van der Waals surface area (Å²) in [6.07, 6.45) is 0.807. The lowest BCUT2D eigenvalue weighted by Crippen LogP contribution is -2.35. The third-order valence-electron chi connectivity index (χ3n) is 4.10. The average Bonchev–Trinajstić information content (AvgIpc) is 3.14. The minimum Gasteiger partial charge on any atom is -0.484 e. The topological polar surface area (TPSA) is 68.5 Å². The third kappa shape index (κ3) is 5.10. The van der Waals surface area contributed by atoms with Crippen LogP contribution in [0.5, 0.6) is 5.75 Å². The zero-order chi connectivity index (χ0) is 19.9. The van der Waals surface area contributed by atoms with Crippen molar-refractivity contribution in [1.29, 1.82) is 0 Å². The van der Waals surface area contributed by atoms with Crippen molar-refractivity contribution in [2.45, 2.75) is 26.8 Å². The Hall–Kier alpha value is -2.86. The molecular formula is C21H22ClN3O3. The van der Waals surface area contributed by atoms with E-state index in [4.69, 9.17) is 20.8 Å². The normalized spacial score (nSPS) is 10.7. The van der Waals surface area contributed by atoms with Gasteiger partial charge in [-0.1, -0.05) is 42.8 Å². The van der Waals surface area contributed by atoms with Crippen molar-refractivity contribution < 1.29 is 13.9 Å². The minimum absolute atomic E-state index is 0.0467. The van der Waals surface area contributed by atoms with Crippen molar-refractivity contribution in [3.63, 3.8) is 0 Å². The number of ether oxygens (including phenoxy) is 1. The molecule has 3 aromatic rings. The lowest BCUT2D eigenvalue weighted by atomic mass is 10.2. The molecule has 6 nitrogen and oxygen atoms in total. The zero-order valence-corrected chi connectivity index (χ0v) is 16.6. The molecule has 0 N–H and O–H groups in total. The highest BCUT2D eigenvalue weighted by atomic mass is 35.5. The zero-order valence-electron chi connectivity index (χ0n) is 15.9. The van der Waals surface area contributed by atoms with Gasteiger partial charge in [0.1, 0.15) is 5.75 Å². The number of hydrogen-bond acceptors (Lipinski definition) is 5. The van der Waals surface area contributed by atoms with E-state index in [0.717, 1.165) is 12.0 Å². The monoisotopic (exact) mass is 399 g/mol. The van der Waals surface area contributed by atoms with E-state index in [1.807, 2.05) is 56.3 Å². The molecule has 0 bridgehead atoms. The Morgan fingerprint density at radius 3 is 2.75 bits per heavy atom. The number of carbonyl (C=O) groups is 1. The van der Waals surface area contributed by atoms with Gasteiger partial charge in [-0.2, -0.15) is 0 Å². The Labute approximate surface area is 169 Å². The predicted molar refractivity (Wildman–Crippen MR) is 107 cm³/mol. The maximum absolute atomic E-state index is 12.6. The number of benzene rings is 2. The summed E-state index contributed by atoms with van der Waals surface area (Å²) in [4.78, 5) is 14.3. The summed E-state index contributed by atoms with van der Waals surface area (Å²) in [5.74, 6) is 1.22. The van der Waals surface area contributed by atoms with Crippen LogP contribution in [0.4, 0.5) is 0 Å². The number of carbonyl (C=O) groups excluding carboxylic acids is 1. The van der Waals surface area contributed by atoms with E-state index in [2.05, 4.69) is 10.2 Å². The summed E-state index contributed by atoms with van der Waals surface area (Å²) in [6, 6.07) is 14.8. The molecule has 0 aliphatic rings. The van der Waals surface area contributed by atoms with Gasteiger partial charge in [-0.3, -0.25) is 4.79 Å². The number of rotatable bonds is 8. The van der Waals surface area contributed by atoms with Gasteiger partial charge in [0.15, 0.2) is 6.61 Å². The first-order valence-corrected chi connectivity index (χ1v) is 9.49. The van der Waals surface area contributed by atoms with Gasteiger partial charge in [0, 0.05) is 6.54 Å². The highest BCUT2D eigenvalue weighted by Crippen LogP contribution is 2.26. The van der Waals surface area contributed by atoms with Gasteiger partial charge < -0.3 is 14.1 Å². The molecule has 1 aromatic heterocycles. The van der Waals surface area contributed by atoms with Gasteiger partial charge in [-0.25, -0.2) is 0 Å². The van der Waals surface area contributed by atoms with Crippen LogP contribution in [0.2, 0.25) is 5.02 Å². The quantitative estimate of drug-likeness (QED) is 0.557. The van der Waals surface area contributed by atoms with Crippen LogP contribution in [0.15, 0.2) is 52.9 Å². The molecule has 28 heavy (non-hydrogen) atoms. The molecule has 0 aliphatic carbocycles. The molecule has 0 aliphatic heterocycles. The first-order valence-electron chi connectivity index (χ1n) is 9.11. The number of aromatic nitrogens is 2. The van der Waals surface area contributed by atoms with Gasteiger partial charge in [-0.05, 0) is 43.2 Å². The van der Waals surface area contributed by atoms with Crippen molar-refractivity contribution in [1.82, 2.24) is 15.1 Å². The summed E-state index contributed by atoms with van der Waals surface area (Å²) in [6.45, 7) is 4.73. The van der Waals surface area contributed by atoms with Crippen LogP contribution in [0.3, 0.4) is 0 Å². The fraction of sp³-hybridized carbons (Fsp3) is 0.286. The van der Waals surface area contributed by atoms with Gasteiger partial charge in [-0.15, -0.1) is 10.2 Å². The van der Waals surface area contributed by atoms with E-state index in [-0.39, 0.29) is 19.1 Å². The second-order valence-electron chi connectivity index (χ2n) is 6.40. The van der Waals surface area contributed by atoms with Crippen molar-refractivity contribution >= 4 is 17.5 Å². The molecule has 3 rings (SSSR count). The molecule has 0 saturated carbocycles.